The Morgan fingerprint density at radius 2 is 1.95 bits per heavy atom. The number of aryl methyl sites for hydroxylation is 1. The van der Waals surface area contributed by atoms with E-state index in [1.165, 1.54) is 0 Å². The van der Waals surface area contributed by atoms with Gasteiger partial charge < -0.3 is 10.1 Å². The molecule has 0 amide bonds. The first-order chi connectivity index (χ1) is 9.67. The Labute approximate surface area is 125 Å². The second-order valence-electron chi connectivity index (χ2n) is 4.74. The van der Waals surface area contributed by atoms with E-state index in [0.29, 0.717) is 0 Å². The van der Waals surface area contributed by atoms with Gasteiger partial charge in [-0.3, -0.25) is 0 Å². The summed E-state index contributed by atoms with van der Waals surface area (Å²) in [4.78, 5) is 0. The Morgan fingerprint density at radius 1 is 1.20 bits per heavy atom. The third kappa shape index (κ3) is 3.14. The lowest BCUT2D eigenvalue weighted by atomic mass is 9.97. The number of methoxy groups -OCH3 is 1. The maximum atomic E-state index is 6.26. The smallest absolute Gasteiger partial charge is 0.123 e. The van der Waals surface area contributed by atoms with Crippen LogP contribution in [-0.2, 0) is 0 Å². The zero-order valence-corrected chi connectivity index (χ0v) is 12.9. The minimum atomic E-state index is 0.0780. The lowest BCUT2D eigenvalue weighted by Crippen LogP contribution is -2.22. The quantitative estimate of drug-likeness (QED) is 0.883. The van der Waals surface area contributed by atoms with Crippen molar-refractivity contribution in [2.24, 2.45) is 0 Å². The van der Waals surface area contributed by atoms with Crippen LogP contribution in [0.3, 0.4) is 0 Å². The summed E-state index contributed by atoms with van der Waals surface area (Å²) < 4.78 is 5.48. The summed E-state index contributed by atoms with van der Waals surface area (Å²) in [7, 11) is 1.70. The van der Waals surface area contributed by atoms with Crippen molar-refractivity contribution in [3.8, 4) is 5.75 Å². The SMILES string of the molecule is CCNC(c1ccc(C)c(Cl)c1)c1ccccc1OC. The molecule has 0 saturated carbocycles. The normalized spacial score (nSPS) is 12.2. The number of rotatable bonds is 5. The molecule has 0 saturated heterocycles. The fourth-order valence-electron chi connectivity index (χ4n) is 2.31. The number of benzene rings is 2. The monoisotopic (exact) mass is 289 g/mol. The van der Waals surface area contributed by atoms with Crippen molar-refractivity contribution in [2.75, 3.05) is 13.7 Å². The number of nitrogens with one attached hydrogen (secondary N) is 1. The summed E-state index contributed by atoms with van der Waals surface area (Å²) >= 11 is 6.26. The zero-order valence-electron chi connectivity index (χ0n) is 12.1. The van der Waals surface area contributed by atoms with E-state index in [2.05, 4.69) is 30.4 Å². The van der Waals surface area contributed by atoms with Gasteiger partial charge in [-0.15, -0.1) is 0 Å². The fourth-order valence-corrected chi connectivity index (χ4v) is 2.49. The van der Waals surface area contributed by atoms with Gasteiger partial charge in [-0.1, -0.05) is 48.9 Å². The summed E-state index contributed by atoms with van der Waals surface area (Å²) in [5, 5.41) is 4.29. The topological polar surface area (TPSA) is 21.3 Å². The van der Waals surface area contributed by atoms with E-state index >= 15 is 0 Å². The molecule has 3 heteroatoms. The molecule has 0 aliphatic rings. The standard InChI is InChI=1S/C17H20ClNO/c1-4-19-17(13-10-9-12(2)15(18)11-13)14-7-5-6-8-16(14)20-3/h5-11,17,19H,4H2,1-3H3. The van der Waals surface area contributed by atoms with E-state index in [4.69, 9.17) is 16.3 Å². The average molecular weight is 290 g/mol. The molecular weight excluding hydrogens is 270 g/mol. The molecule has 1 N–H and O–H groups in total. The first-order valence-corrected chi connectivity index (χ1v) is 7.17. The van der Waals surface area contributed by atoms with Gasteiger partial charge in [0, 0.05) is 10.6 Å². The van der Waals surface area contributed by atoms with Crippen molar-refractivity contribution in [1.82, 2.24) is 5.32 Å². The fraction of sp³-hybridized carbons (Fsp3) is 0.294. The molecule has 2 aromatic rings. The summed E-state index contributed by atoms with van der Waals surface area (Å²) in [5.74, 6) is 0.884. The van der Waals surface area contributed by atoms with Crippen molar-refractivity contribution >= 4 is 11.6 Å². The minimum Gasteiger partial charge on any atom is -0.496 e. The first-order valence-electron chi connectivity index (χ1n) is 6.79. The highest BCUT2D eigenvalue weighted by Crippen LogP contribution is 2.31. The maximum Gasteiger partial charge on any atom is 0.123 e. The molecule has 0 radical (unpaired) electrons. The molecule has 20 heavy (non-hydrogen) atoms. The van der Waals surface area contributed by atoms with Crippen molar-refractivity contribution in [3.63, 3.8) is 0 Å². The lowest BCUT2D eigenvalue weighted by molar-refractivity contribution is 0.404. The molecule has 0 aliphatic heterocycles. The average Bonchev–Trinajstić information content (AvgIpc) is 2.48. The summed E-state index contributed by atoms with van der Waals surface area (Å²) in [5.41, 5.74) is 3.36. The van der Waals surface area contributed by atoms with Crippen LogP contribution in [0.25, 0.3) is 0 Å². The number of ether oxygens (including phenoxy) is 1. The molecule has 1 atom stereocenters. The predicted octanol–water partition coefficient (Wildman–Crippen LogP) is 4.36. The van der Waals surface area contributed by atoms with Gasteiger partial charge in [-0.2, -0.15) is 0 Å². The molecule has 0 heterocycles. The molecule has 0 spiro atoms. The molecule has 2 rings (SSSR count). The van der Waals surface area contributed by atoms with Crippen LogP contribution in [0.15, 0.2) is 42.5 Å². The van der Waals surface area contributed by atoms with Crippen LogP contribution in [0.4, 0.5) is 0 Å². The third-order valence-electron chi connectivity index (χ3n) is 3.39. The molecule has 106 valence electrons. The van der Waals surface area contributed by atoms with E-state index in [9.17, 15) is 0 Å². The van der Waals surface area contributed by atoms with E-state index in [0.717, 1.165) is 34.0 Å². The number of halogens is 1. The van der Waals surface area contributed by atoms with E-state index in [1.54, 1.807) is 7.11 Å². The Balaban J connectivity index is 2.47. The van der Waals surface area contributed by atoms with Gasteiger partial charge in [0.2, 0.25) is 0 Å². The Morgan fingerprint density at radius 3 is 2.60 bits per heavy atom. The van der Waals surface area contributed by atoms with Gasteiger partial charge in [-0.25, -0.2) is 0 Å². The number of hydrogen-bond acceptors (Lipinski definition) is 2. The van der Waals surface area contributed by atoms with Gasteiger partial charge in [-0.05, 0) is 36.7 Å². The number of para-hydroxylation sites is 1. The van der Waals surface area contributed by atoms with Crippen molar-refractivity contribution in [2.45, 2.75) is 19.9 Å². The van der Waals surface area contributed by atoms with Gasteiger partial charge in [0.05, 0.1) is 13.2 Å². The molecule has 1 unspecified atom stereocenters. The van der Waals surface area contributed by atoms with Gasteiger partial charge >= 0.3 is 0 Å². The molecule has 0 aromatic heterocycles. The van der Waals surface area contributed by atoms with Crippen LogP contribution in [0.2, 0.25) is 5.02 Å². The maximum absolute atomic E-state index is 6.26. The molecule has 2 aromatic carbocycles. The number of hydrogen-bond donors (Lipinski definition) is 1. The van der Waals surface area contributed by atoms with Gasteiger partial charge in [0.1, 0.15) is 5.75 Å². The van der Waals surface area contributed by atoms with E-state index in [-0.39, 0.29) is 6.04 Å². The Bertz CT molecular complexity index is 583. The van der Waals surface area contributed by atoms with Crippen LogP contribution in [0, 0.1) is 6.92 Å². The Hall–Kier alpha value is -1.51. The highest BCUT2D eigenvalue weighted by molar-refractivity contribution is 6.31. The summed E-state index contributed by atoms with van der Waals surface area (Å²) in [6, 6.07) is 14.3. The highest BCUT2D eigenvalue weighted by Gasteiger charge is 2.17. The van der Waals surface area contributed by atoms with Crippen molar-refractivity contribution in [3.05, 3.63) is 64.2 Å². The van der Waals surface area contributed by atoms with Crippen molar-refractivity contribution < 1.29 is 4.74 Å². The molecule has 0 fully saturated rings. The van der Waals surface area contributed by atoms with Crippen LogP contribution in [-0.4, -0.2) is 13.7 Å². The highest BCUT2D eigenvalue weighted by atomic mass is 35.5. The first kappa shape index (κ1) is 14.9. The molecule has 2 nitrogen and oxygen atoms in total. The zero-order chi connectivity index (χ0) is 14.5. The predicted molar refractivity (Wildman–Crippen MR) is 84.7 cm³/mol. The van der Waals surface area contributed by atoms with Crippen LogP contribution >= 0.6 is 11.6 Å². The van der Waals surface area contributed by atoms with Crippen molar-refractivity contribution in [1.29, 1.82) is 0 Å². The Kier molecular flexibility index (Phi) is 5.05. The van der Waals surface area contributed by atoms with Gasteiger partial charge in [0.25, 0.3) is 0 Å². The van der Waals surface area contributed by atoms with Crippen LogP contribution in [0.1, 0.15) is 29.7 Å². The molecule has 0 aliphatic carbocycles. The van der Waals surface area contributed by atoms with E-state index in [1.807, 2.05) is 31.2 Å². The summed E-state index contributed by atoms with van der Waals surface area (Å²) in [6.07, 6.45) is 0. The third-order valence-corrected chi connectivity index (χ3v) is 3.79. The minimum absolute atomic E-state index is 0.0780. The largest absolute Gasteiger partial charge is 0.496 e. The molecular formula is C17H20ClNO. The second-order valence-corrected chi connectivity index (χ2v) is 5.15. The van der Waals surface area contributed by atoms with E-state index < -0.39 is 0 Å². The second kappa shape index (κ2) is 6.78. The van der Waals surface area contributed by atoms with Crippen LogP contribution in [0.5, 0.6) is 5.75 Å². The van der Waals surface area contributed by atoms with Crippen LogP contribution < -0.4 is 10.1 Å². The van der Waals surface area contributed by atoms with Gasteiger partial charge in [0.15, 0.2) is 0 Å². The molecule has 0 bridgehead atoms. The lowest BCUT2D eigenvalue weighted by Gasteiger charge is -2.21. The summed E-state index contributed by atoms with van der Waals surface area (Å²) in [6.45, 7) is 4.98.